The van der Waals surface area contributed by atoms with Crippen molar-refractivity contribution in [3.8, 4) is 6.01 Å². The number of nitrogen functional groups attached to an aromatic ring is 1. The third-order valence-electron chi connectivity index (χ3n) is 9.42. The number of esters is 1. The molecular formula is C40H65N9O6S. The van der Waals surface area contributed by atoms with E-state index in [4.69, 9.17) is 16.2 Å². The molecule has 0 aliphatic heterocycles. The van der Waals surface area contributed by atoms with Crippen molar-refractivity contribution in [1.29, 1.82) is 0 Å². The summed E-state index contributed by atoms with van der Waals surface area (Å²) in [5.74, 6) is -0.869. The molecule has 0 saturated heterocycles. The van der Waals surface area contributed by atoms with E-state index >= 15 is 0 Å². The number of aromatic nitrogens is 4. The van der Waals surface area contributed by atoms with E-state index in [0.717, 1.165) is 37.7 Å². The van der Waals surface area contributed by atoms with Gasteiger partial charge in [-0.05, 0) is 37.5 Å². The molecule has 1 aromatic carbocycles. The van der Waals surface area contributed by atoms with E-state index in [9.17, 15) is 24.6 Å². The number of imidazole rings is 1. The first-order chi connectivity index (χ1) is 27.1. The van der Waals surface area contributed by atoms with Crippen LogP contribution in [0.4, 0.5) is 17.5 Å². The highest BCUT2D eigenvalue weighted by molar-refractivity contribution is 7.99. The minimum Gasteiger partial charge on any atom is -0.480 e. The number of fused-ring (bicyclic) bond motifs is 1. The fraction of sp³-hybridized carbons (Fsp3) is 0.650. The molecule has 0 aliphatic carbocycles. The summed E-state index contributed by atoms with van der Waals surface area (Å²) in [6, 6.07) is 4.31. The zero-order valence-corrected chi connectivity index (χ0v) is 34.4. The molecule has 9 N–H and O–H groups in total. The number of aliphatic hydroxyl groups is 1. The van der Waals surface area contributed by atoms with Gasteiger partial charge in [-0.1, -0.05) is 109 Å². The van der Waals surface area contributed by atoms with Gasteiger partial charge in [0, 0.05) is 24.4 Å². The fourth-order valence-corrected chi connectivity index (χ4v) is 6.88. The van der Waals surface area contributed by atoms with Gasteiger partial charge in [-0.25, -0.2) is 0 Å². The summed E-state index contributed by atoms with van der Waals surface area (Å²) >= 11 is 1.23. The smallest absolute Gasteiger partial charge is 0.306 e. The van der Waals surface area contributed by atoms with Crippen molar-refractivity contribution < 1.29 is 29.3 Å². The maximum absolute atomic E-state index is 12.9. The molecule has 15 nitrogen and oxygen atoms in total. The molecule has 312 valence electrons. The molecule has 0 radical (unpaired) electrons. The van der Waals surface area contributed by atoms with Gasteiger partial charge in [-0.15, -0.1) is 11.8 Å². The van der Waals surface area contributed by atoms with Crippen LogP contribution in [0.2, 0.25) is 0 Å². The Hall–Kier alpha value is -4.15. The maximum Gasteiger partial charge on any atom is 0.306 e. The van der Waals surface area contributed by atoms with Crippen LogP contribution < -0.4 is 27.4 Å². The average molecular weight is 800 g/mol. The van der Waals surface area contributed by atoms with Crippen molar-refractivity contribution in [2.24, 2.45) is 5.73 Å². The first-order valence-electron chi connectivity index (χ1n) is 20.4. The van der Waals surface area contributed by atoms with E-state index in [1.807, 2.05) is 0 Å². The molecule has 2 amide bonds. The van der Waals surface area contributed by atoms with Crippen LogP contribution in [0.5, 0.6) is 6.01 Å². The van der Waals surface area contributed by atoms with Crippen molar-refractivity contribution in [1.82, 2.24) is 24.8 Å². The number of nitrogens with two attached hydrogens (primary N) is 2. The number of carbonyl (C=O) groups excluding carboxylic acids is 3. The molecule has 3 atom stereocenters. The number of carbonyl (C=O) groups is 3. The van der Waals surface area contributed by atoms with Crippen LogP contribution in [0.3, 0.4) is 0 Å². The molecule has 0 fully saturated rings. The summed E-state index contributed by atoms with van der Waals surface area (Å²) in [7, 11) is 0. The number of hydrogen-bond donors (Lipinski definition) is 7. The second-order valence-electron chi connectivity index (χ2n) is 14.3. The van der Waals surface area contributed by atoms with Gasteiger partial charge < -0.3 is 42.4 Å². The second-order valence-corrected chi connectivity index (χ2v) is 15.6. The van der Waals surface area contributed by atoms with Gasteiger partial charge in [-0.2, -0.15) is 15.0 Å². The lowest BCUT2D eigenvalue weighted by molar-refractivity contribution is -0.144. The lowest BCUT2D eigenvalue weighted by Crippen LogP contribution is -2.52. The molecule has 16 heteroatoms. The minimum atomic E-state index is -1.24. The number of rotatable bonds is 29. The Morgan fingerprint density at radius 1 is 0.857 bits per heavy atom. The van der Waals surface area contributed by atoms with Gasteiger partial charge in [-0.3, -0.25) is 19.0 Å². The largest absolute Gasteiger partial charge is 0.480 e. The van der Waals surface area contributed by atoms with Crippen molar-refractivity contribution in [2.75, 3.05) is 35.3 Å². The topological polar surface area (TPSA) is 233 Å². The number of aliphatic hydroxyl groups excluding tert-OH is 1. The van der Waals surface area contributed by atoms with Crippen LogP contribution in [0, 0.1) is 0 Å². The van der Waals surface area contributed by atoms with Gasteiger partial charge >= 0.3 is 5.97 Å². The van der Waals surface area contributed by atoms with Crippen LogP contribution in [-0.4, -0.2) is 83.9 Å². The van der Waals surface area contributed by atoms with E-state index in [2.05, 4.69) is 44.7 Å². The Bertz CT molecular complexity index is 1620. The SMILES string of the molecule is CCCCCCCCCCCCCCCC(=O)OC(C)SC[C@H](N)C(=O)N[C@@H](CO)C(=O)Nc1ccc(Cn2c(O)nc3c(N)nc(NCCCC)nc32)cc1. The number of unbranched alkanes of at least 4 members (excludes halogenated alkanes) is 13. The van der Waals surface area contributed by atoms with Crippen LogP contribution >= 0.6 is 11.8 Å². The molecule has 56 heavy (non-hydrogen) atoms. The highest BCUT2D eigenvalue weighted by Gasteiger charge is 2.24. The number of nitrogens with zero attached hydrogens (tertiary/aromatic N) is 4. The zero-order chi connectivity index (χ0) is 40.7. The number of ether oxygens (including phenoxy) is 1. The first-order valence-corrected chi connectivity index (χ1v) is 21.4. The number of hydrogen-bond acceptors (Lipinski definition) is 13. The molecule has 0 saturated carbocycles. The average Bonchev–Trinajstić information content (AvgIpc) is 3.49. The molecule has 1 unspecified atom stereocenters. The predicted molar refractivity (Wildman–Crippen MR) is 224 cm³/mol. The van der Waals surface area contributed by atoms with Crippen LogP contribution in [-0.2, 0) is 25.7 Å². The fourth-order valence-electron chi connectivity index (χ4n) is 6.07. The maximum atomic E-state index is 12.9. The number of nitrogens with one attached hydrogen (secondary N) is 3. The van der Waals surface area contributed by atoms with Crippen molar-refractivity contribution in [3.63, 3.8) is 0 Å². The summed E-state index contributed by atoms with van der Waals surface area (Å²) in [4.78, 5) is 50.9. The lowest BCUT2D eigenvalue weighted by Gasteiger charge is -2.20. The molecule has 2 heterocycles. The molecule has 3 rings (SSSR count). The predicted octanol–water partition coefficient (Wildman–Crippen LogP) is 6.22. The van der Waals surface area contributed by atoms with Crippen molar-refractivity contribution in [2.45, 2.75) is 148 Å². The normalized spacial score (nSPS) is 12.9. The monoisotopic (exact) mass is 799 g/mol. The standard InChI is InChI=1S/C40H65N9O6S/c1-4-6-8-9-10-11-12-13-14-15-16-17-18-19-33(51)55-28(3)56-27-31(41)37(52)45-32(26-50)38(53)44-30-22-20-29(21-23-30)25-49-36-34(46-40(49)54)35(42)47-39(48-36)43-24-7-5-2/h20-23,28,31-32,50H,4-19,24-27,41H2,1-3H3,(H,44,53)(H,45,52)(H,46,54)(H3,42,43,47,48)/t28?,31-,32-/m0/s1. The van der Waals surface area contributed by atoms with Crippen LogP contribution in [0.25, 0.3) is 11.2 Å². The van der Waals surface area contributed by atoms with Gasteiger partial charge in [0.05, 0.1) is 19.2 Å². The molecule has 2 aromatic heterocycles. The van der Waals surface area contributed by atoms with E-state index in [1.54, 1.807) is 31.2 Å². The molecule has 0 spiro atoms. The summed E-state index contributed by atoms with van der Waals surface area (Å²) in [5, 5.41) is 28.7. The number of anilines is 3. The number of benzene rings is 1. The Labute approximate surface area is 335 Å². The van der Waals surface area contributed by atoms with Crippen molar-refractivity contribution in [3.05, 3.63) is 29.8 Å². The Morgan fingerprint density at radius 3 is 2.07 bits per heavy atom. The highest BCUT2D eigenvalue weighted by Crippen LogP contribution is 2.26. The van der Waals surface area contributed by atoms with E-state index in [0.29, 0.717) is 30.2 Å². The summed E-state index contributed by atoms with van der Waals surface area (Å²) in [6.45, 7) is 6.31. The second kappa shape index (κ2) is 25.9. The van der Waals surface area contributed by atoms with Gasteiger partial charge in [0.1, 0.15) is 11.5 Å². The van der Waals surface area contributed by atoms with E-state index < -0.39 is 35.9 Å². The third-order valence-corrected chi connectivity index (χ3v) is 10.5. The Kier molecular flexibility index (Phi) is 21.4. The van der Waals surface area contributed by atoms with E-state index in [1.165, 1.54) is 80.5 Å². The summed E-state index contributed by atoms with van der Waals surface area (Å²) in [6.07, 6.45) is 18.4. The molecular weight excluding hydrogens is 735 g/mol. The van der Waals surface area contributed by atoms with Crippen molar-refractivity contribution >= 4 is 58.2 Å². The third kappa shape index (κ3) is 16.5. The molecule has 0 bridgehead atoms. The van der Waals surface area contributed by atoms with E-state index in [-0.39, 0.29) is 35.6 Å². The minimum absolute atomic E-state index is 0.150. The van der Waals surface area contributed by atoms with Gasteiger partial charge in [0.25, 0.3) is 6.01 Å². The number of thioether (sulfide) groups is 1. The number of aromatic hydroxyl groups is 1. The Balaban J connectivity index is 1.35. The Morgan fingerprint density at radius 2 is 1.46 bits per heavy atom. The first kappa shape index (κ1) is 46.2. The quantitative estimate of drug-likeness (QED) is 0.0235. The summed E-state index contributed by atoms with van der Waals surface area (Å²) < 4.78 is 7.00. The van der Waals surface area contributed by atoms with Gasteiger partial charge in [0.15, 0.2) is 17.0 Å². The van der Waals surface area contributed by atoms with Crippen LogP contribution in [0.1, 0.15) is 129 Å². The molecule has 3 aromatic rings. The van der Waals surface area contributed by atoms with Crippen LogP contribution in [0.15, 0.2) is 24.3 Å². The number of amides is 2. The van der Waals surface area contributed by atoms with Gasteiger partial charge in [0.2, 0.25) is 17.8 Å². The molecule has 0 aliphatic rings. The zero-order valence-electron chi connectivity index (χ0n) is 33.6. The summed E-state index contributed by atoms with van der Waals surface area (Å²) in [5.41, 5.74) is 13.5. The highest BCUT2D eigenvalue weighted by atomic mass is 32.2. The lowest BCUT2D eigenvalue weighted by atomic mass is 10.0.